The average Bonchev–Trinajstić information content (AvgIpc) is 2.33. The van der Waals surface area contributed by atoms with Crippen LogP contribution in [0.4, 0.5) is 5.69 Å². The summed E-state index contributed by atoms with van der Waals surface area (Å²) in [5.41, 5.74) is 1.78. The Bertz CT molecular complexity index is 373. The first-order valence-corrected chi connectivity index (χ1v) is 5.60. The molecule has 0 spiro atoms. The first-order chi connectivity index (χ1) is 7.77. The quantitative estimate of drug-likeness (QED) is 0.828. The molecule has 1 aliphatic heterocycles. The summed E-state index contributed by atoms with van der Waals surface area (Å²) in [4.78, 5) is 15.8. The van der Waals surface area contributed by atoms with Crippen LogP contribution in [0.15, 0.2) is 18.5 Å². The number of hydrogen-bond donors (Lipinski definition) is 1. The highest BCUT2D eigenvalue weighted by Gasteiger charge is 2.22. The minimum atomic E-state index is -0.298. The summed E-state index contributed by atoms with van der Waals surface area (Å²) in [5.74, 6) is -0.0594. The van der Waals surface area contributed by atoms with E-state index in [1.807, 2.05) is 13.0 Å². The summed E-state index contributed by atoms with van der Waals surface area (Å²) in [6.45, 7) is 2.63. The standard InChI is InChI=1S/C12H16N2O2/c1-9-5-6-13-8-10(9)14-12(15)11-4-2-3-7-16-11/h5-6,8,11H,2-4,7H2,1H3,(H,14,15). The lowest BCUT2D eigenvalue weighted by molar-refractivity contribution is -0.129. The van der Waals surface area contributed by atoms with Crippen LogP contribution < -0.4 is 5.32 Å². The van der Waals surface area contributed by atoms with Crippen LogP contribution in [0.3, 0.4) is 0 Å². The van der Waals surface area contributed by atoms with E-state index in [4.69, 9.17) is 4.74 Å². The lowest BCUT2D eigenvalue weighted by Crippen LogP contribution is -2.33. The average molecular weight is 220 g/mol. The van der Waals surface area contributed by atoms with E-state index in [0.29, 0.717) is 6.61 Å². The van der Waals surface area contributed by atoms with E-state index in [9.17, 15) is 4.79 Å². The van der Waals surface area contributed by atoms with Crippen LogP contribution in [-0.2, 0) is 9.53 Å². The number of hydrogen-bond acceptors (Lipinski definition) is 3. The molecule has 2 heterocycles. The fraction of sp³-hybridized carbons (Fsp3) is 0.500. The van der Waals surface area contributed by atoms with Crippen LogP contribution in [0.2, 0.25) is 0 Å². The van der Waals surface area contributed by atoms with Gasteiger partial charge in [-0.3, -0.25) is 9.78 Å². The Kier molecular flexibility index (Phi) is 3.51. The van der Waals surface area contributed by atoms with Gasteiger partial charge in [0, 0.05) is 12.8 Å². The molecule has 1 atom stereocenters. The van der Waals surface area contributed by atoms with E-state index in [1.54, 1.807) is 12.4 Å². The van der Waals surface area contributed by atoms with Crippen molar-refractivity contribution in [1.82, 2.24) is 4.98 Å². The van der Waals surface area contributed by atoms with Crippen molar-refractivity contribution < 1.29 is 9.53 Å². The largest absolute Gasteiger partial charge is 0.368 e. The van der Waals surface area contributed by atoms with Gasteiger partial charge < -0.3 is 10.1 Å². The van der Waals surface area contributed by atoms with Crippen molar-refractivity contribution in [3.8, 4) is 0 Å². The normalized spacial score (nSPS) is 20.4. The van der Waals surface area contributed by atoms with Crippen LogP contribution >= 0.6 is 0 Å². The molecule has 1 unspecified atom stereocenters. The highest BCUT2D eigenvalue weighted by molar-refractivity contribution is 5.94. The third kappa shape index (κ3) is 2.58. The van der Waals surface area contributed by atoms with E-state index in [2.05, 4.69) is 10.3 Å². The molecule has 1 aromatic rings. The molecular formula is C12H16N2O2. The molecule has 0 aromatic carbocycles. The molecule has 86 valence electrons. The Hall–Kier alpha value is -1.42. The van der Waals surface area contributed by atoms with Crippen molar-refractivity contribution in [2.45, 2.75) is 32.3 Å². The number of anilines is 1. The SMILES string of the molecule is Cc1ccncc1NC(=O)C1CCCCO1. The van der Waals surface area contributed by atoms with E-state index < -0.39 is 0 Å². The van der Waals surface area contributed by atoms with Gasteiger partial charge >= 0.3 is 0 Å². The van der Waals surface area contributed by atoms with Gasteiger partial charge in [-0.15, -0.1) is 0 Å². The smallest absolute Gasteiger partial charge is 0.253 e. The van der Waals surface area contributed by atoms with Gasteiger partial charge in [0.2, 0.25) is 0 Å². The molecule has 1 aromatic heterocycles. The summed E-state index contributed by atoms with van der Waals surface area (Å²) in [5, 5.41) is 2.85. The first kappa shape index (κ1) is 11.1. The Morgan fingerprint density at radius 1 is 1.56 bits per heavy atom. The topological polar surface area (TPSA) is 51.2 Å². The number of amides is 1. The van der Waals surface area contributed by atoms with Gasteiger partial charge in [0.25, 0.3) is 5.91 Å². The summed E-state index contributed by atoms with van der Waals surface area (Å²) < 4.78 is 5.42. The maximum atomic E-state index is 11.9. The van der Waals surface area contributed by atoms with Gasteiger partial charge in [-0.2, -0.15) is 0 Å². The van der Waals surface area contributed by atoms with E-state index in [0.717, 1.165) is 30.5 Å². The molecule has 0 aliphatic carbocycles. The molecule has 1 saturated heterocycles. The lowest BCUT2D eigenvalue weighted by atomic mass is 10.1. The predicted octanol–water partition coefficient (Wildman–Crippen LogP) is 1.90. The van der Waals surface area contributed by atoms with Crippen molar-refractivity contribution in [3.05, 3.63) is 24.0 Å². The third-order valence-corrected chi connectivity index (χ3v) is 2.77. The maximum Gasteiger partial charge on any atom is 0.253 e. The van der Waals surface area contributed by atoms with Crippen LogP contribution in [-0.4, -0.2) is 23.6 Å². The fourth-order valence-corrected chi connectivity index (χ4v) is 1.76. The number of nitrogens with zero attached hydrogens (tertiary/aromatic N) is 1. The number of carbonyl (C=O) groups is 1. The van der Waals surface area contributed by atoms with Crippen LogP contribution in [0.1, 0.15) is 24.8 Å². The third-order valence-electron chi connectivity index (χ3n) is 2.77. The molecule has 1 fully saturated rings. The zero-order valence-electron chi connectivity index (χ0n) is 9.40. The highest BCUT2D eigenvalue weighted by Crippen LogP contribution is 2.16. The molecule has 0 saturated carbocycles. The van der Waals surface area contributed by atoms with Gasteiger partial charge in [0.1, 0.15) is 6.10 Å². The van der Waals surface area contributed by atoms with E-state index in [1.165, 1.54) is 0 Å². The minimum Gasteiger partial charge on any atom is -0.368 e. The molecular weight excluding hydrogens is 204 g/mol. The molecule has 4 nitrogen and oxygen atoms in total. The lowest BCUT2D eigenvalue weighted by Gasteiger charge is -2.21. The van der Waals surface area contributed by atoms with Gasteiger partial charge in [0.15, 0.2) is 0 Å². The van der Waals surface area contributed by atoms with Crippen LogP contribution in [0, 0.1) is 6.92 Å². The summed E-state index contributed by atoms with van der Waals surface area (Å²) in [6, 6.07) is 1.87. The number of ether oxygens (including phenoxy) is 1. The van der Waals surface area contributed by atoms with E-state index in [-0.39, 0.29) is 12.0 Å². The molecule has 0 bridgehead atoms. The number of rotatable bonds is 2. The molecule has 16 heavy (non-hydrogen) atoms. The number of pyridine rings is 1. The Balaban J connectivity index is 1.99. The van der Waals surface area contributed by atoms with Crippen molar-refractivity contribution in [1.29, 1.82) is 0 Å². The zero-order chi connectivity index (χ0) is 11.4. The number of aromatic nitrogens is 1. The summed E-state index contributed by atoms with van der Waals surface area (Å²) >= 11 is 0. The van der Waals surface area contributed by atoms with Crippen molar-refractivity contribution in [2.24, 2.45) is 0 Å². The summed E-state index contributed by atoms with van der Waals surface area (Å²) in [7, 11) is 0. The monoisotopic (exact) mass is 220 g/mol. The predicted molar refractivity (Wildman–Crippen MR) is 61.2 cm³/mol. The molecule has 4 heteroatoms. The number of aryl methyl sites for hydroxylation is 1. The molecule has 0 radical (unpaired) electrons. The van der Waals surface area contributed by atoms with Crippen molar-refractivity contribution in [3.63, 3.8) is 0 Å². The first-order valence-electron chi connectivity index (χ1n) is 5.60. The number of carbonyl (C=O) groups excluding carboxylic acids is 1. The van der Waals surface area contributed by atoms with Crippen molar-refractivity contribution in [2.75, 3.05) is 11.9 Å². The summed E-state index contributed by atoms with van der Waals surface area (Å²) in [6.07, 6.45) is 6.00. The second-order valence-electron chi connectivity index (χ2n) is 4.04. The zero-order valence-corrected chi connectivity index (χ0v) is 9.40. The van der Waals surface area contributed by atoms with Gasteiger partial charge in [-0.05, 0) is 37.8 Å². The maximum absolute atomic E-state index is 11.9. The molecule has 1 amide bonds. The molecule has 2 rings (SSSR count). The van der Waals surface area contributed by atoms with Gasteiger partial charge in [-0.1, -0.05) is 0 Å². The minimum absolute atomic E-state index is 0.0594. The van der Waals surface area contributed by atoms with Crippen LogP contribution in [0.5, 0.6) is 0 Å². The highest BCUT2D eigenvalue weighted by atomic mass is 16.5. The second-order valence-corrected chi connectivity index (χ2v) is 4.04. The molecule has 1 aliphatic rings. The van der Waals surface area contributed by atoms with Crippen molar-refractivity contribution >= 4 is 11.6 Å². The van der Waals surface area contributed by atoms with Gasteiger partial charge in [-0.25, -0.2) is 0 Å². The second kappa shape index (κ2) is 5.07. The van der Waals surface area contributed by atoms with Gasteiger partial charge in [0.05, 0.1) is 11.9 Å². The van der Waals surface area contributed by atoms with E-state index >= 15 is 0 Å². The fourth-order valence-electron chi connectivity index (χ4n) is 1.76. The van der Waals surface area contributed by atoms with Crippen LogP contribution in [0.25, 0.3) is 0 Å². The molecule has 1 N–H and O–H groups in total. The number of nitrogens with one attached hydrogen (secondary N) is 1. The Labute approximate surface area is 95.0 Å². The Morgan fingerprint density at radius 3 is 3.12 bits per heavy atom. The Morgan fingerprint density at radius 2 is 2.44 bits per heavy atom.